The molecule has 0 saturated carbocycles. The van der Waals surface area contributed by atoms with E-state index in [4.69, 9.17) is 10.5 Å². The van der Waals surface area contributed by atoms with Gasteiger partial charge in [0.2, 0.25) is 0 Å². The zero-order valence-corrected chi connectivity index (χ0v) is 12.6. The summed E-state index contributed by atoms with van der Waals surface area (Å²) in [6, 6.07) is 5.94. The van der Waals surface area contributed by atoms with Gasteiger partial charge in [0.15, 0.2) is 0 Å². The van der Waals surface area contributed by atoms with Crippen LogP contribution >= 0.6 is 0 Å². The first-order valence-electron chi connectivity index (χ1n) is 6.99. The van der Waals surface area contributed by atoms with E-state index in [2.05, 4.69) is 15.5 Å². The van der Waals surface area contributed by atoms with Gasteiger partial charge in [-0.05, 0) is 26.3 Å². The molecule has 1 atom stereocenters. The summed E-state index contributed by atoms with van der Waals surface area (Å²) >= 11 is 0. The van der Waals surface area contributed by atoms with Crippen molar-refractivity contribution in [2.24, 2.45) is 5.73 Å². The maximum Gasteiger partial charge on any atom is 0.407 e. The molecule has 0 spiro atoms. The Morgan fingerprint density at radius 3 is 2.90 bits per heavy atom. The number of nitrogens with zero attached hydrogens (tertiary/aromatic N) is 1. The smallest absolute Gasteiger partial charge is 0.407 e. The molecule has 0 bridgehead atoms. The lowest BCUT2D eigenvalue weighted by Gasteiger charge is -2.21. The van der Waals surface area contributed by atoms with E-state index in [1.54, 1.807) is 6.20 Å². The van der Waals surface area contributed by atoms with Crippen molar-refractivity contribution in [3.05, 3.63) is 30.0 Å². The second kappa shape index (κ2) is 6.13. The summed E-state index contributed by atoms with van der Waals surface area (Å²) in [6.45, 7) is 6.34. The largest absolute Gasteiger partial charge is 0.444 e. The average Bonchev–Trinajstić information content (AvgIpc) is 2.86. The first kappa shape index (κ1) is 15.3. The monoisotopic (exact) mass is 290 g/mol. The average molecular weight is 290 g/mol. The number of fused-ring (bicyclic) bond motifs is 1. The predicted octanol–water partition coefficient (Wildman–Crippen LogP) is 2.13. The molecule has 1 aromatic heterocycles. The van der Waals surface area contributed by atoms with Crippen molar-refractivity contribution in [2.75, 3.05) is 13.1 Å². The summed E-state index contributed by atoms with van der Waals surface area (Å²) in [5.74, 6) is 0.00154. The van der Waals surface area contributed by atoms with Crippen LogP contribution in [-0.2, 0) is 4.74 Å². The molecule has 6 heteroatoms. The maximum absolute atomic E-state index is 11.7. The lowest BCUT2D eigenvalue weighted by molar-refractivity contribution is 0.0525. The van der Waals surface area contributed by atoms with Crippen molar-refractivity contribution in [3.63, 3.8) is 0 Å². The van der Waals surface area contributed by atoms with Crippen LogP contribution < -0.4 is 11.1 Å². The number of rotatable bonds is 4. The van der Waals surface area contributed by atoms with Gasteiger partial charge in [-0.1, -0.05) is 18.2 Å². The molecule has 2 aromatic rings. The number of aromatic nitrogens is 2. The lowest BCUT2D eigenvalue weighted by atomic mass is 9.97. The standard InChI is InChI=1S/C15H22N4O2/c1-15(2,3)21-14(20)17-8-11(7-16)12-6-4-5-10-9-18-19-13(10)12/h4-6,9,11H,7-8,16H2,1-3H3,(H,17,20)(H,18,19). The molecule has 0 aliphatic heterocycles. The first-order valence-corrected chi connectivity index (χ1v) is 6.99. The van der Waals surface area contributed by atoms with E-state index in [0.29, 0.717) is 13.1 Å². The number of hydrogen-bond donors (Lipinski definition) is 3. The van der Waals surface area contributed by atoms with Crippen LogP contribution in [0.5, 0.6) is 0 Å². The number of alkyl carbamates (subject to hydrolysis) is 1. The number of aromatic amines is 1. The van der Waals surface area contributed by atoms with Crippen LogP contribution in [0, 0.1) is 0 Å². The van der Waals surface area contributed by atoms with Crippen molar-refractivity contribution in [2.45, 2.75) is 32.3 Å². The molecule has 1 unspecified atom stereocenters. The molecule has 0 aliphatic rings. The number of carbonyl (C=O) groups excluding carboxylic acids is 1. The molecule has 114 valence electrons. The third-order valence-corrected chi connectivity index (χ3v) is 3.12. The van der Waals surface area contributed by atoms with Gasteiger partial charge in [-0.25, -0.2) is 4.79 Å². The maximum atomic E-state index is 11.7. The molecule has 4 N–H and O–H groups in total. The Balaban J connectivity index is 2.07. The second-order valence-electron chi connectivity index (χ2n) is 6.00. The van der Waals surface area contributed by atoms with Crippen LogP contribution in [0.2, 0.25) is 0 Å². The normalized spacial score (nSPS) is 13.1. The van der Waals surface area contributed by atoms with Crippen LogP contribution in [0.3, 0.4) is 0 Å². The number of carbonyl (C=O) groups is 1. The van der Waals surface area contributed by atoms with Gasteiger partial charge in [-0.15, -0.1) is 0 Å². The predicted molar refractivity (Wildman–Crippen MR) is 82.1 cm³/mol. The van der Waals surface area contributed by atoms with Gasteiger partial charge < -0.3 is 15.8 Å². The summed E-state index contributed by atoms with van der Waals surface area (Å²) in [4.78, 5) is 11.7. The number of H-pyrrole nitrogens is 1. The van der Waals surface area contributed by atoms with Crippen molar-refractivity contribution in [1.82, 2.24) is 15.5 Å². The van der Waals surface area contributed by atoms with E-state index < -0.39 is 11.7 Å². The fourth-order valence-corrected chi connectivity index (χ4v) is 2.17. The molecule has 1 amide bonds. The highest BCUT2D eigenvalue weighted by molar-refractivity contribution is 5.81. The molecule has 6 nitrogen and oxygen atoms in total. The first-order chi connectivity index (χ1) is 9.90. The Bertz CT molecular complexity index is 615. The van der Waals surface area contributed by atoms with Gasteiger partial charge in [0.1, 0.15) is 5.60 Å². The van der Waals surface area contributed by atoms with E-state index in [0.717, 1.165) is 16.5 Å². The van der Waals surface area contributed by atoms with E-state index in [-0.39, 0.29) is 5.92 Å². The van der Waals surface area contributed by atoms with Gasteiger partial charge in [0.05, 0.1) is 11.7 Å². The van der Waals surface area contributed by atoms with Gasteiger partial charge in [0.25, 0.3) is 0 Å². The summed E-state index contributed by atoms with van der Waals surface area (Å²) in [5, 5.41) is 10.8. The molecule has 2 rings (SSSR count). The Kier molecular flexibility index (Phi) is 4.47. The summed E-state index contributed by atoms with van der Waals surface area (Å²) in [5.41, 5.74) is 7.35. The topological polar surface area (TPSA) is 93.0 Å². The number of nitrogens with two attached hydrogens (primary N) is 1. The highest BCUT2D eigenvalue weighted by Gasteiger charge is 2.19. The van der Waals surface area contributed by atoms with E-state index >= 15 is 0 Å². The molecule has 1 aromatic carbocycles. The minimum atomic E-state index is -0.508. The quantitative estimate of drug-likeness (QED) is 0.804. The highest BCUT2D eigenvalue weighted by Crippen LogP contribution is 2.23. The van der Waals surface area contributed by atoms with Crippen molar-refractivity contribution in [3.8, 4) is 0 Å². The van der Waals surface area contributed by atoms with Crippen molar-refractivity contribution < 1.29 is 9.53 Å². The van der Waals surface area contributed by atoms with Gasteiger partial charge >= 0.3 is 6.09 Å². The highest BCUT2D eigenvalue weighted by atomic mass is 16.6. The molecular weight excluding hydrogens is 268 g/mol. The fraction of sp³-hybridized carbons (Fsp3) is 0.467. The lowest BCUT2D eigenvalue weighted by Crippen LogP contribution is -2.36. The van der Waals surface area contributed by atoms with Crippen LogP contribution in [0.4, 0.5) is 4.79 Å². The zero-order valence-electron chi connectivity index (χ0n) is 12.6. The SMILES string of the molecule is CC(C)(C)OC(=O)NCC(CN)c1cccc2cn[nH]c12. The third-order valence-electron chi connectivity index (χ3n) is 3.12. The Morgan fingerprint density at radius 2 is 2.24 bits per heavy atom. The Hall–Kier alpha value is -2.08. The minimum Gasteiger partial charge on any atom is -0.444 e. The summed E-state index contributed by atoms with van der Waals surface area (Å²) in [6.07, 6.45) is 1.34. The second-order valence-corrected chi connectivity index (χ2v) is 6.00. The molecule has 21 heavy (non-hydrogen) atoms. The number of para-hydroxylation sites is 1. The van der Waals surface area contributed by atoms with Crippen molar-refractivity contribution >= 4 is 17.0 Å². The number of benzene rings is 1. The zero-order chi connectivity index (χ0) is 15.5. The minimum absolute atomic E-state index is 0.00154. The molecule has 0 fully saturated rings. The number of amides is 1. The number of ether oxygens (including phenoxy) is 1. The van der Waals surface area contributed by atoms with Gasteiger partial charge in [-0.2, -0.15) is 5.10 Å². The van der Waals surface area contributed by atoms with E-state index in [1.807, 2.05) is 39.0 Å². The molecule has 0 aliphatic carbocycles. The van der Waals surface area contributed by atoms with Crippen LogP contribution in [0.25, 0.3) is 10.9 Å². The third kappa shape index (κ3) is 3.95. The summed E-state index contributed by atoms with van der Waals surface area (Å²) < 4.78 is 5.23. The number of hydrogen-bond acceptors (Lipinski definition) is 4. The van der Waals surface area contributed by atoms with Gasteiger partial charge in [0, 0.05) is 24.4 Å². The van der Waals surface area contributed by atoms with Crippen LogP contribution in [0.1, 0.15) is 32.3 Å². The van der Waals surface area contributed by atoms with E-state index in [9.17, 15) is 4.79 Å². The number of nitrogens with one attached hydrogen (secondary N) is 2. The van der Waals surface area contributed by atoms with E-state index in [1.165, 1.54) is 0 Å². The Morgan fingerprint density at radius 1 is 1.48 bits per heavy atom. The molecule has 1 heterocycles. The van der Waals surface area contributed by atoms with Crippen molar-refractivity contribution in [1.29, 1.82) is 0 Å². The molecule has 0 radical (unpaired) electrons. The fourth-order valence-electron chi connectivity index (χ4n) is 2.17. The van der Waals surface area contributed by atoms with Gasteiger partial charge in [-0.3, -0.25) is 5.10 Å². The Labute approximate surface area is 124 Å². The molecular formula is C15H22N4O2. The molecule has 0 saturated heterocycles. The van der Waals surface area contributed by atoms with Crippen LogP contribution in [-0.4, -0.2) is 35.0 Å². The summed E-state index contributed by atoms with van der Waals surface area (Å²) in [7, 11) is 0. The van der Waals surface area contributed by atoms with Crippen LogP contribution in [0.15, 0.2) is 24.4 Å².